The Kier molecular flexibility index (Phi) is 5.69. The molecule has 0 radical (unpaired) electrons. The minimum absolute atomic E-state index is 0.0829. The lowest BCUT2D eigenvalue weighted by atomic mass is 9.46. The molecule has 0 aromatic rings. The Morgan fingerprint density at radius 1 is 0.806 bits per heavy atom. The van der Waals surface area contributed by atoms with Crippen molar-refractivity contribution in [3.8, 4) is 0 Å². The van der Waals surface area contributed by atoms with Crippen molar-refractivity contribution in [1.82, 2.24) is 0 Å². The van der Waals surface area contributed by atoms with E-state index in [1.54, 1.807) is 5.57 Å². The summed E-state index contributed by atoms with van der Waals surface area (Å²) in [6.45, 7) is 9.88. The van der Waals surface area contributed by atoms with E-state index < -0.39 is 5.60 Å². The fraction of sp³-hybridized carbons (Fsp3) is 0.939. The molecule has 1 aliphatic heterocycles. The molecule has 202 valence electrons. The Balaban J connectivity index is 1.09. The summed E-state index contributed by atoms with van der Waals surface area (Å²) in [7, 11) is 0. The van der Waals surface area contributed by atoms with Gasteiger partial charge >= 0.3 is 0 Å². The average molecular weight is 497 g/mol. The highest BCUT2D eigenvalue weighted by molar-refractivity contribution is 5.24. The van der Waals surface area contributed by atoms with E-state index in [4.69, 9.17) is 11.3 Å². The largest absolute Gasteiger partial charge is 0.393 e. The SMILES string of the molecule is C=C1CC2(CCC(C3CCC4CCC(O)CC4(O)C3)C2)C2OC2(C)CCC2C1CC2(C)C1CCCC1. The van der Waals surface area contributed by atoms with Crippen LogP contribution in [0.15, 0.2) is 12.2 Å². The second kappa shape index (κ2) is 8.31. The lowest BCUT2D eigenvalue weighted by molar-refractivity contribution is -0.127. The summed E-state index contributed by atoms with van der Waals surface area (Å²) in [5.74, 6) is 4.25. The summed E-state index contributed by atoms with van der Waals surface area (Å²) in [5.41, 5.74) is 1.84. The van der Waals surface area contributed by atoms with Crippen molar-refractivity contribution < 1.29 is 14.9 Å². The van der Waals surface area contributed by atoms with E-state index in [1.807, 2.05) is 0 Å². The molecule has 7 rings (SSSR count). The Bertz CT molecular complexity index is 893. The topological polar surface area (TPSA) is 53.0 Å². The first-order valence-corrected chi connectivity index (χ1v) is 15.9. The fourth-order valence-electron chi connectivity index (χ4n) is 11.8. The van der Waals surface area contributed by atoms with Gasteiger partial charge in [0.1, 0.15) is 0 Å². The normalized spacial score (nSPS) is 57.2. The highest BCUT2D eigenvalue weighted by Crippen LogP contribution is 2.69. The molecule has 3 heteroatoms. The monoisotopic (exact) mass is 496 g/mol. The maximum atomic E-state index is 11.6. The molecule has 0 amide bonds. The summed E-state index contributed by atoms with van der Waals surface area (Å²) in [4.78, 5) is 0. The van der Waals surface area contributed by atoms with Crippen molar-refractivity contribution in [2.24, 2.45) is 46.3 Å². The zero-order valence-corrected chi connectivity index (χ0v) is 23.1. The van der Waals surface area contributed by atoms with Crippen LogP contribution < -0.4 is 0 Å². The van der Waals surface area contributed by atoms with Crippen molar-refractivity contribution in [2.45, 2.75) is 146 Å². The molecule has 0 aromatic heterocycles. The molecule has 11 unspecified atom stereocenters. The van der Waals surface area contributed by atoms with Crippen LogP contribution in [0.3, 0.4) is 0 Å². The Labute approximate surface area is 219 Å². The number of ether oxygens (including phenoxy) is 1. The van der Waals surface area contributed by atoms with Crippen molar-refractivity contribution in [3.05, 3.63) is 12.2 Å². The van der Waals surface area contributed by atoms with Crippen LogP contribution in [0.2, 0.25) is 0 Å². The van der Waals surface area contributed by atoms with Gasteiger partial charge in [0.05, 0.1) is 23.4 Å². The number of aliphatic hydroxyl groups excluding tert-OH is 1. The molecule has 1 heterocycles. The molecule has 6 aliphatic carbocycles. The van der Waals surface area contributed by atoms with Crippen molar-refractivity contribution in [1.29, 1.82) is 0 Å². The van der Waals surface area contributed by atoms with Gasteiger partial charge in [0.2, 0.25) is 0 Å². The van der Waals surface area contributed by atoms with Crippen LogP contribution in [0.1, 0.15) is 123 Å². The van der Waals surface area contributed by atoms with Crippen LogP contribution in [-0.4, -0.2) is 33.6 Å². The van der Waals surface area contributed by atoms with Gasteiger partial charge in [0.25, 0.3) is 0 Å². The molecule has 1 saturated heterocycles. The van der Waals surface area contributed by atoms with E-state index >= 15 is 0 Å². The highest BCUT2D eigenvalue weighted by Gasteiger charge is 2.67. The molecule has 0 aromatic carbocycles. The Morgan fingerprint density at radius 2 is 1.56 bits per heavy atom. The van der Waals surface area contributed by atoms with Gasteiger partial charge in [0, 0.05) is 11.8 Å². The number of allylic oxidation sites excluding steroid dienone is 1. The highest BCUT2D eigenvalue weighted by atomic mass is 16.6. The third-order valence-corrected chi connectivity index (χ3v) is 13.8. The fourth-order valence-corrected chi connectivity index (χ4v) is 11.8. The second-order valence-electron chi connectivity index (χ2n) is 15.7. The van der Waals surface area contributed by atoms with Crippen LogP contribution >= 0.6 is 0 Å². The van der Waals surface area contributed by atoms with Crippen molar-refractivity contribution in [3.63, 3.8) is 0 Å². The summed E-state index contributed by atoms with van der Waals surface area (Å²) in [6.07, 6.45) is 20.8. The maximum Gasteiger partial charge on any atom is 0.0930 e. The van der Waals surface area contributed by atoms with Gasteiger partial charge in [-0.25, -0.2) is 0 Å². The molecule has 1 spiro atoms. The molecule has 7 aliphatic rings. The van der Waals surface area contributed by atoms with Gasteiger partial charge in [-0.3, -0.25) is 0 Å². The van der Waals surface area contributed by atoms with Gasteiger partial charge in [-0.2, -0.15) is 0 Å². The first-order valence-electron chi connectivity index (χ1n) is 15.9. The second-order valence-corrected chi connectivity index (χ2v) is 15.7. The number of aliphatic hydroxyl groups is 2. The number of hydrogen-bond acceptors (Lipinski definition) is 3. The van der Waals surface area contributed by atoms with E-state index in [0.717, 1.165) is 43.4 Å². The van der Waals surface area contributed by atoms with Gasteiger partial charge < -0.3 is 14.9 Å². The van der Waals surface area contributed by atoms with E-state index in [1.165, 1.54) is 77.0 Å². The van der Waals surface area contributed by atoms with E-state index in [9.17, 15) is 10.2 Å². The van der Waals surface area contributed by atoms with Gasteiger partial charge in [-0.15, -0.1) is 0 Å². The van der Waals surface area contributed by atoms with E-state index in [-0.39, 0.29) is 17.1 Å². The lowest BCUT2D eigenvalue weighted by Crippen LogP contribution is -2.51. The number of fused-ring (bicyclic) bond motifs is 4. The zero-order valence-electron chi connectivity index (χ0n) is 23.1. The smallest absolute Gasteiger partial charge is 0.0930 e. The van der Waals surface area contributed by atoms with Crippen LogP contribution in [0.4, 0.5) is 0 Å². The predicted molar refractivity (Wildman–Crippen MR) is 143 cm³/mol. The average Bonchev–Trinajstić information content (AvgIpc) is 3.20. The summed E-state index contributed by atoms with van der Waals surface area (Å²) in [5, 5.41) is 21.9. The number of epoxide rings is 1. The molecule has 36 heavy (non-hydrogen) atoms. The quantitative estimate of drug-likeness (QED) is 0.314. The van der Waals surface area contributed by atoms with Gasteiger partial charge in [-0.05, 0) is 138 Å². The first kappa shape index (κ1) is 24.6. The van der Waals surface area contributed by atoms with Crippen LogP contribution in [0.5, 0.6) is 0 Å². The van der Waals surface area contributed by atoms with Gasteiger partial charge in [0.15, 0.2) is 0 Å². The minimum atomic E-state index is -0.618. The third-order valence-electron chi connectivity index (χ3n) is 13.8. The third kappa shape index (κ3) is 3.68. The molecular formula is C33H52O3. The molecule has 6 saturated carbocycles. The molecule has 3 nitrogen and oxygen atoms in total. The number of rotatable bonds is 2. The molecule has 7 fully saturated rings. The van der Waals surface area contributed by atoms with E-state index in [2.05, 4.69) is 13.8 Å². The molecule has 11 atom stereocenters. The van der Waals surface area contributed by atoms with Gasteiger partial charge in [-0.1, -0.05) is 31.9 Å². The summed E-state index contributed by atoms with van der Waals surface area (Å²) >= 11 is 0. The van der Waals surface area contributed by atoms with Crippen LogP contribution in [-0.2, 0) is 4.74 Å². The Hall–Kier alpha value is -0.380. The summed E-state index contributed by atoms with van der Waals surface area (Å²) in [6, 6.07) is 0. The van der Waals surface area contributed by atoms with Crippen LogP contribution in [0, 0.1) is 46.3 Å². The Morgan fingerprint density at radius 3 is 2.36 bits per heavy atom. The molecule has 2 N–H and O–H groups in total. The predicted octanol–water partition coefficient (Wildman–Crippen LogP) is 7.20. The standard InChI is InChI=1S/C33H52O3/c1-21-16-32(15-12-23(17-32)22-8-9-25-10-11-26(34)19-33(25,35)18-22)29-31(3,36-29)14-13-28-27(21)20-30(28,2)24-6-4-5-7-24/h22-29,34-35H,1,4-20H2,2-3H3. The summed E-state index contributed by atoms with van der Waals surface area (Å²) < 4.78 is 6.70. The lowest BCUT2D eigenvalue weighted by Gasteiger charge is -2.58. The van der Waals surface area contributed by atoms with Crippen LogP contribution in [0.25, 0.3) is 0 Å². The maximum absolute atomic E-state index is 11.6. The van der Waals surface area contributed by atoms with Crippen molar-refractivity contribution in [2.75, 3.05) is 0 Å². The zero-order chi connectivity index (χ0) is 24.9. The first-order chi connectivity index (χ1) is 17.1. The number of hydrogen-bond donors (Lipinski definition) is 2. The minimum Gasteiger partial charge on any atom is -0.393 e. The molecular weight excluding hydrogens is 444 g/mol. The van der Waals surface area contributed by atoms with Crippen molar-refractivity contribution >= 4 is 0 Å². The van der Waals surface area contributed by atoms with E-state index in [0.29, 0.717) is 35.7 Å². The molecule has 0 bridgehead atoms.